The molecular weight excluding hydrogens is 334 g/mol. The molecular formula is C15H15N3O5S. The molecule has 8 nitrogen and oxygen atoms in total. The monoisotopic (exact) mass is 349 g/mol. The van der Waals surface area contributed by atoms with E-state index in [2.05, 4.69) is 5.32 Å². The summed E-state index contributed by atoms with van der Waals surface area (Å²) in [6, 6.07) is 9.42. The van der Waals surface area contributed by atoms with Crippen molar-refractivity contribution >= 4 is 33.8 Å². The summed E-state index contributed by atoms with van der Waals surface area (Å²) in [5.74, 6) is -0.153. The van der Waals surface area contributed by atoms with E-state index in [0.717, 1.165) is 11.3 Å². The fraction of sp³-hybridized carbons (Fsp3) is 0.200. The number of nitrogens with zero attached hydrogens (tertiary/aromatic N) is 2. The quantitative estimate of drug-likeness (QED) is 0.637. The topological polar surface area (TPSA) is 102 Å². The van der Waals surface area contributed by atoms with Gasteiger partial charge in [-0.3, -0.25) is 19.7 Å². The second-order valence-electron chi connectivity index (χ2n) is 4.83. The highest BCUT2D eigenvalue weighted by atomic mass is 32.1. The first kappa shape index (κ1) is 17.4. The van der Waals surface area contributed by atoms with Crippen molar-refractivity contribution < 1.29 is 19.2 Å². The Morgan fingerprint density at radius 2 is 1.92 bits per heavy atom. The average molecular weight is 349 g/mol. The lowest BCUT2D eigenvalue weighted by molar-refractivity contribution is -0.380. The van der Waals surface area contributed by atoms with Crippen LogP contribution in [0.1, 0.15) is 9.67 Å². The number of hydrogen-bond acceptors (Lipinski definition) is 6. The number of ether oxygens (including phenoxy) is 1. The van der Waals surface area contributed by atoms with E-state index in [4.69, 9.17) is 4.74 Å². The van der Waals surface area contributed by atoms with E-state index in [1.165, 1.54) is 24.1 Å². The van der Waals surface area contributed by atoms with Crippen molar-refractivity contribution in [1.29, 1.82) is 0 Å². The molecule has 2 rings (SSSR count). The number of hydrogen-bond donors (Lipinski definition) is 1. The SMILES string of the molecule is COc1ccc(NC(=O)CN(C)C(=O)c2ccc([N+](=O)[O-])s2)cc1. The molecule has 0 aliphatic carbocycles. The van der Waals surface area contributed by atoms with Gasteiger partial charge in [-0.2, -0.15) is 0 Å². The van der Waals surface area contributed by atoms with Crippen LogP contribution in [0.4, 0.5) is 10.7 Å². The highest BCUT2D eigenvalue weighted by Gasteiger charge is 2.20. The Labute approximate surface area is 141 Å². The highest BCUT2D eigenvalue weighted by molar-refractivity contribution is 7.17. The molecule has 0 aliphatic rings. The first-order chi connectivity index (χ1) is 11.4. The van der Waals surface area contributed by atoms with E-state index < -0.39 is 10.8 Å². The standard InChI is InChI=1S/C15H15N3O5S/c1-17(15(20)12-7-8-14(24-12)18(21)22)9-13(19)16-10-3-5-11(23-2)6-4-10/h3-8H,9H2,1-2H3,(H,16,19). The Kier molecular flexibility index (Phi) is 5.48. The molecule has 1 N–H and O–H groups in total. The minimum absolute atomic E-state index is 0.116. The second kappa shape index (κ2) is 7.55. The van der Waals surface area contributed by atoms with Gasteiger partial charge in [-0.1, -0.05) is 11.3 Å². The Balaban J connectivity index is 1.94. The minimum atomic E-state index is -0.558. The van der Waals surface area contributed by atoms with Gasteiger partial charge in [0, 0.05) is 18.8 Å². The molecule has 1 heterocycles. The number of benzene rings is 1. The van der Waals surface area contributed by atoms with Crippen molar-refractivity contribution in [3.8, 4) is 5.75 Å². The Morgan fingerprint density at radius 3 is 2.46 bits per heavy atom. The summed E-state index contributed by atoms with van der Waals surface area (Å²) in [4.78, 5) is 35.7. The number of nitrogens with one attached hydrogen (secondary N) is 1. The third-order valence-corrected chi connectivity index (χ3v) is 4.11. The predicted octanol–water partition coefficient (Wildman–Crippen LogP) is 2.38. The first-order valence-electron chi connectivity index (χ1n) is 6.84. The van der Waals surface area contributed by atoms with Crippen molar-refractivity contribution in [1.82, 2.24) is 4.90 Å². The molecule has 0 atom stereocenters. The molecule has 126 valence electrons. The first-order valence-corrected chi connectivity index (χ1v) is 7.66. The summed E-state index contributed by atoms with van der Waals surface area (Å²) in [6.45, 7) is -0.170. The minimum Gasteiger partial charge on any atom is -0.497 e. The molecule has 1 aromatic heterocycles. The van der Waals surface area contributed by atoms with Gasteiger partial charge in [0.25, 0.3) is 5.91 Å². The molecule has 9 heteroatoms. The summed E-state index contributed by atoms with van der Waals surface area (Å²) in [6.07, 6.45) is 0. The Hall–Kier alpha value is -2.94. The van der Waals surface area contributed by atoms with E-state index in [1.807, 2.05) is 0 Å². The lowest BCUT2D eigenvalue weighted by atomic mass is 10.3. The van der Waals surface area contributed by atoms with E-state index in [1.54, 1.807) is 31.4 Å². The fourth-order valence-corrected chi connectivity index (χ4v) is 2.71. The zero-order valence-electron chi connectivity index (χ0n) is 13.0. The largest absolute Gasteiger partial charge is 0.497 e. The van der Waals surface area contributed by atoms with Crippen LogP contribution in [0.5, 0.6) is 5.75 Å². The van der Waals surface area contributed by atoms with Gasteiger partial charge >= 0.3 is 5.00 Å². The van der Waals surface area contributed by atoms with E-state index >= 15 is 0 Å². The van der Waals surface area contributed by atoms with E-state index in [0.29, 0.717) is 11.4 Å². The summed E-state index contributed by atoms with van der Waals surface area (Å²) >= 11 is 0.777. The Bertz CT molecular complexity index is 757. The van der Waals surface area contributed by atoms with Gasteiger partial charge in [-0.15, -0.1) is 0 Å². The smallest absolute Gasteiger partial charge is 0.324 e. The van der Waals surface area contributed by atoms with Crippen LogP contribution in [0.2, 0.25) is 0 Å². The molecule has 0 unspecified atom stereocenters. The molecule has 24 heavy (non-hydrogen) atoms. The van der Waals surface area contributed by atoms with Crippen molar-refractivity contribution in [3.05, 3.63) is 51.4 Å². The zero-order chi connectivity index (χ0) is 17.7. The van der Waals surface area contributed by atoms with Gasteiger partial charge in [-0.05, 0) is 30.3 Å². The number of carbonyl (C=O) groups excluding carboxylic acids is 2. The number of thiophene rings is 1. The summed E-state index contributed by atoms with van der Waals surface area (Å²) < 4.78 is 5.03. The molecule has 0 radical (unpaired) electrons. The van der Waals surface area contributed by atoms with Crippen LogP contribution in [0.25, 0.3) is 0 Å². The van der Waals surface area contributed by atoms with E-state index in [-0.39, 0.29) is 22.3 Å². The molecule has 0 bridgehead atoms. The zero-order valence-corrected chi connectivity index (χ0v) is 13.8. The molecule has 0 spiro atoms. The van der Waals surface area contributed by atoms with Gasteiger partial charge < -0.3 is 15.0 Å². The van der Waals surface area contributed by atoms with Gasteiger partial charge in [0.15, 0.2) is 0 Å². The van der Waals surface area contributed by atoms with Gasteiger partial charge in [0.1, 0.15) is 5.75 Å². The van der Waals surface area contributed by atoms with Crippen LogP contribution in [0.15, 0.2) is 36.4 Å². The van der Waals surface area contributed by atoms with Crippen LogP contribution in [-0.2, 0) is 4.79 Å². The highest BCUT2D eigenvalue weighted by Crippen LogP contribution is 2.24. The van der Waals surface area contributed by atoms with Gasteiger partial charge in [-0.25, -0.2) is 0 Å². The fourth-order valence-electron chi connectivity index (χ4n) is 1.89. The van der Waals surface area contributed by atoms with Crippen LogP contribution in [-0.4, -0.2) is 42.3 Å². The van der Waals surface area contributed by atoms with Gasteiger partial charge in [0.2, 0.25) is 5.91 Å². The molecule has 1 aromatic carbocycles. The number of carbonyl (C=O) groups is 2. The summed E-state index contributed by atoms with van der Waals surface area (Å²) in [5, 5.41) is 13.2. The molecule has 0 aliphatic heterocycles. The third kappa shape index (κ3) is 4.29. The van der Waals surface area contributed by atoms with Crippen molar-refractivity contribution in [2.75, 3.05) is 26.0 Å². The summed E-state index contributed by atoms with van der Waals surface area (Å²) in [7, 11) is 3.00. The van der Waals surface area contributed by atoms with Crippen LogP contribution in [0, 0.1) is 10.1 Å². The normalized spacial score (nSPS) is 10.1. The maximum atomic E-state index is 12.2. The lowest BCUT2D eigenvalue weighted by Crippen LogP contribution is -2.34. The number of anilines is 1. The van der Waals surface area contributed by atoms with Crippen molar-refractivity contribution in [3.63, 3.8) is 0 Å². The summed E-state index contributed by atoms with van der Waals surface area (Å²) in [5.41, 5.74) is 0.577. The van der Waals surface area contributed by atoms with Crippen LogP contribution >= 0.6 is 11.3 Å². The second-order valence-corrected chi connectivity index (χ2v) is 5.90. The number of likely N-dealkylation sites (N-methyl/N-ethyl adjacent to an activating group) is 1. The number of nitro groups is 1. The molecule has 0 fully saturated rings. The Morgan fingerprint density at radius 1 is 1.25 bits per heavy atom. The molecule has 0 saturated carbocycles. The molecule has 0 saturated heterocycles. The molecule has 2 amide bonds. The average Bonchev–Trinajstić information content (AvgIpc) is 3.05. The van der Waals surface area contributed by atoms with Crippen LogP contribution in [0.3, 0.4) is 0 Å². The molecule has 2 aromatic rings. The van der Waals surface area contributed by atoms with Crippen molar-refractivity contribution in [2.45, 2.75) is 0 Å². The maximum Gasteiger partial charge on any atom is 0.324 e. The lowest BCUT2D eigenvalue weighted by Gasteiger charge is -2.15. The predicted molar refractivity (Wildman–Crippen MR) is 89.6 cm³/mol. The maximum absolute atomic E-state index is 12.2. The van der Waals surface area contributed by atoms with Gasteiger partial charge in [0.05, 0.1) is 23.5 Å². The number of rotatable bonds is 6. The van der Waals surface area contributed by atoms with Crippen LogP contribution < -0.4 is 10.1 Å². The number of methoxy groups -OCH3 is 1. The third-order valence-electron chi connectivity index (χ3n) is 3.08. The van der Waals surface area contributed by atoms with Crippen molar-refractivity contribution in [2.24, 2.45) is 0 Å². The van der Waals surface area contributed by atoms with E-state index in [9.17, 15) is 19.7 Å². The number of amides is 2.